The van der Waals surface area contributed by atoms with Crippen LogP contribution in [0.1, 0.15) is 46.5 Å². The Morgan fingerprint density at radius 3 is 2.44 bits per heavy atom. The van der Waals surface area contributed by atoms with Crippen LogP contribution in [-0.2, 0) is 0 Å². The fourth-order valence-electron chi connectivity index (χ4n) is 4.05. The lowest BCUT2D eigenvalue weighted by Crippen LogP contribution is -2.50. The van der Waals surface area contributed by atoms with E-state index in [0.29, 0.717) is 5.41 Å². The minimum Gasteiger partial charge on any atom is -0.330 e. The van der Waals surface area contributed by atoms with Gasteiger partial charge in [-0.1, -0.05) is 33.6 Å². The van der Waals surface area contributed by atoms with E-state index in [-0.39, 0.29) is 0 Å². The fraction of sp³-hybridized carbons (Fsp3) is 1.00. The third-order valence-corrected chi connectivity index (χ3v) is 5.90. The van der Waals surface area contributed by atoms with Crippen molar-refractivity contribution in [2.24, 2.45) is 17.1 Å². The van der Waals surface area contributed by atoms with Gasteiger partial charge in [-0.3, -0.25) is 0 Å². The molecule has 18 heavy (non-hydrogen) atoms. The second-order valence-corrected chi connectivity index (χ2v) is 8.74. The smallest absolute Gasteiger partial charge is 0.0149 e. The molecular formula is C15H30N2S. The summed E-state index contributed by atoms with van der Waals surface area (Å²) in [6, 6.07) is 0. The Balaban J connectivity index is 1.96. The molecule has 1 heterocycles. The number of nitrogens with zero attached hydrogens (tertiary/aromatic N) is 1. The summed E-state index contributed by atoms with van der Waals surface area (Å²) >= 11 is 2.14. The van der Waals surface area contributed by atoms with Gasteiger partial charge in [0.15, 0.2) is 0 Å². The van der Waals surface area contributed by atoms with Gasteiger partial charge in [0.2, 0.25) is 0 Å². The van der Waals surface area contributed by atoms with Crippen molar-refractivity contribution in [1.29, 1.82) is 0 Å². The third kappa shape index (κ3) is 3.64. The molecule has 4 atom stereocenters. The Hall–Kier alpha value is 0.270. The summed E-state index contributed by atoms with van der Waals surface area (Å²) in [6.45, 7) is 11.8. The van der Waals surface area contributed by atoms with E-state index in [1.165, 1.54) is 45.3 Å². The van der Waals surface area contributed by atoms with Crippen LogP contribution in [-0.4, -0.2) is 41.6 Å². The van der Waals surface area contributed by atoms with Crippen LogP contribution >= 0.6 is 11.8 Å². The predicted octanol–water partition coefficient (Wildman–Crippen LogP) is 2.97. The molecule has 4 unspecified atom stereocenters. The molecule has 0 amide bonds. The third-order valence-electron chi connectivity index (χ3n) is 4.67. The average molecular weight is 270 g/mol. The van der Waals surface area contributed by atoms with Crippen LogP contribution < -0.4 is 5.73 Å². The lowest BCUT2D eigenvalue weighted by molar-refractivity contribution is 0.0874. The van der Waals surface area contributed by atoms with E-state index in [4.69, 9.17) is 5.73 Å². The Morgan fingerprint density at radius 2 is 1.89 bits per heavy atom. The van der Waals surface area contributed by atoms with Crippen LogP contribution in [0.5, 0.6) is 0 Å². The molecule has 2 N–H and O–H groups in total. The molecule has 0 aromatic carbocycles. The first-order valence-corrected chi connectivity index (χ1v) is 8.55. The van der Waals surface area contributed by atoms with E-state index in [2.05, 4.69) is 37.4 Å². The van der Waals surface area contributed by atoms with E-state index in [9.17, 15) is 0 Å². The first-order valence-electron chi connectivity index (χ1n) is 7.61. The Kier molecular flexibility index (Phi) is 5.01. The number of nitrogens with two attached hydrogens (primary N) is 1. The zero-order chi connectivity index (χ0) is 13.2. The topological polar surface area (TPSA) is 29.3 Å². The van der Waals surface area contributed by atoms with Crippen molar-refractivity contribution in [3.8, 4) is 0 Å². The lowest BCUT2D eigenvalue weighted by Gasteiger charge is -2.45. The van der Waals surface area contributed by atoms with Gasteiger partial charge in [0.25, 0.3) is 0 Å². The van der Waals surface area contributed by atoms with E-state index in [1.54, 1.807) is 0 Å². The van der Waals surface area contributed by atoms with E-state index < -0.39 is 0 Å². The summed E-state index contributed by atoms with van der Waals surface area (Å²) in [5, 5.41) is 1.56. The van der Waals surface area contributed by atoms with Gasteiger partial charge in [-0.25, -0.2) is 0 Å². The number of thioether (sulfide) groups is 1. The molecule has 1 aliphatic carbocycles. The maximum Gasteiger partial charge on any atom is 0.0149 e. The van der Waals surface area contributed by atoms with Crippen LogP contribution in [0.2, 0.25) is 0 Å². The fourth-order valence-corrected chi connectivity index (χ4v) is 5.44. The van der Waals surface area contributed by atoms with Gasteiger partial charge in [-0.15, -0.1) is 0 Å². The molecule has 106 valence electrons. The molecule has 1 aliphatic heterocycles. The minimum absolute atomic E-state index is 0.416. The van der Waals surface area contributed by atoms with Crippen LogP contribution in [0, 0.1) is 11.3 Å². The summed E-state index contributed by atoms with van der Waals surface area (Å²) in [5.41, 5.74) is 6.57. The normalized spacial score (nSPS) is 43.0. The molecule has 2 nitrogen and oxygen atoms in total. The summed E-state index contributed by atoms with van der Waals surface area (Å²) < 4.78 is 0. The predicted molar refractivity (Wildman–Crippen MR) is 82.1 cm³/mol. The molecular weight excluding hydrogens is 240 g/mol. The molecule has 2 fully saturated rings. The van der Waals surface area contributed by atoms with Gasteiger partial charge in [0.1, 0.15) is 0 Å². The first-order chi connectivity index (χ1) is 8.53. The first kappa shape index (κ1) is 14.7. The average Bonchev–Trinajstić information content (AvgIpc) is 2.27. The molecule has 2 aliphatic rings. The standard InChI is InChI=1S/C15H30N2S/c1-12-5-4-6-15(7-12,10-16)11-17-8-13(2)18-14(3)9-17/h12-14H,4-11,16H2,1-3H3. The van der Waals surface area contributed by atoms with Gasteiger partial charge >= 0.3 is 0 Å². The van der Waals surface area contributed by atoms with Crippen LogP contribution in [0.25, 0.3) is 0 Å². The Morgan fingerprint density at radius 1 is 1.22 bits per heavy atom. The molecule has 1 saturated heterocycles. The molecule has 0 radical (unpaired) electrons. The number of rotatable bonds is 3. The van der Waals surface area contributed by atoms with Crippen LogP contribution in [0.15, 0.2) is 0 Å². The van der Waals surface area contributed by atoms with Gasteiger partial charge in [0.05, 0.1) is 0 Å². The number of hydrogen-bond donors (Lipinski definition) is 1. The molecule has 0 spiro atoms. The molecule has 1 saturated carbocycles. The SMILES string of the molecule is CC1CCCC(CN)(CN2CC(C)SC(C)C2)C1. The van der Waals surface area contributed by atoms with E-state index >= 15 is 0 Å². The second-order valence-electron chi connectivity index (χ2n) is 6.86. The maximum atomic E-state index is 6.16. The van der Waals surface area contributed by atoms with Gasteiger partial charge in [-0.05, 0) is 30.7 Å². The van der Waals surface area contributed by atoms with Crippen molar-refractivity contribution in [3.63, 3.8) is 0 Å². The highest BCUT2D eigenvalue weighted by atomic mass is 32.2. The van der Waals surface area contributed by atoms with Gasteiger partial charge < -0.3 is 10.6 Å². The summed E-state index contributed by atoms with van der Waals surface area (Å²) in [4.78, 5) is 2.69. The van der Waals surface area contributed by atoms with Crippen molar-refractivity contribution in [1.82, 2.24) is 4.90 Å². The van der Waals surface area contributed by atoms with Crippen molar-refractivity contribution in [2.75, 3.05) is 26.2 Å². The van der Waals surface area contributed by atoms with Crippen LogP contribution in [0.3, 0.4) is 0 Å². The van der Waals surface area contributed by atoms with Crippen molar-refractivity contribution < 1.29 is 0 Å². The van der Waals surface area contributed by atoms with Gasteiger partial charge in [0, 0.05) is 30.1 Å². The zero-order valence-electron chi connectivity index (χ0n) is 12.3. The van der Waals surface area contributed by atoms with E-state index in [0.717, 1.165) is 23.0 Å². The largest absolute Gasteiger partial charge is 0.330 e. The second kappa shape index (κ2) is 6.15. The molecule has 0 aromatic heterocycles. The monoisotopic (exact) mass is 270 g/mol. The molecule has 3 heteroatoms. The highest BCUT2D eigenvalue weighted by Crippen LogP contribution is 2.40. The summed E-state index contributed by atoms with van der Waals surface area (Å²) in [5.74, 6) is 0.872. The maximum absolute atomic E-state index is 6.16. The zero-order valence-corrected chi connectivity index (χ0v) is 13.1. The summed E-state index contributed by atoms with van der Waals surface area (Å²) in [7, 11) is 0. The van der Waals surface area contributed by atoms with Crippen molar-refractivity contribution in [3.05, 3.63) is 0 Å². The summed E-state index contributed by atoms with van der Waals surface area (Å²) in [6.07, 6.45) is 5.48. The highest BCUT2D eigenvalue weighted by molar-refractivity contribution is 8.00. The number of hydrogen-bond acceptors (Lipinski definition) is 3. The lowest BCUT2D eigenvalue weighted by atomic mass is 9.69. The minimum atomic E-state index is 0.416. The molecule has 2 rings (SSSR count). The van der Waals surface area contributed by atoms with E-state index in [1.807, 2.05) is 0 Å². The van der Waals surface area contributed by atoms with Gasteiger partial charge in [-0.2, -0.15) is 11.8 Å². The van der Waals surface area contributed by atoms with Crippen molar-refractivity contribution in [2.45, 2.75) is 57.0 Å². The van der Waals surface area contributed by atoms with Crippen molar-refractivity contribution >= 4 is 11.8 Å². The molecule has 0 aromatic rings. The van der Waals surface area contributed by atoms with Crippen LogP contribution in [0.4, 0.5) is 0 Å². The highest BCUT2D eigenvalue weighted by Gasteiger charge is 2.36. The quantitative estimate of drug-likeness (QED) is 0.855. The molecule has 0 bridgehead atoms. The Labute approximate surface area is 117 Å². The Bertz CT molecular complexity index is 261.